The number of carbonyl (C=O) groups is 1. The molecule has 0 unspecified atom stereocenters. The lowest BCUT2D eigenvalue weighted by Gasteiger charge is -2.06. The summed E-state index contributed by atoms with van der Waals surface area (Å²) in [5.74, 6) is 0.813. The molecule has 0 fully saturated rings. The second-order valence-electron chi connectivity index (χ2n) is 3.97. The van der Waals surface area contributed by atoms with E-state index in [0.29, 0.717) is 28.3 Å². The molecule has 1 aliphatic rings. The van der Waals surface area contributed by atoms with Crippen molar-refractivity contribution in [2.75, 3.05) is 6.61 Å². The van der Waals surface area contributed by atoms with E-state index in [4.69, 9.17) is 9.15 Å². The number of fused-ring (bicyclic) bond motifs is 1. The van der Waals surface area contributed by atoms with Crippen LogP contribution < -0.4 is 4.74 Å². The fraction of sp³-hybridized carbons (Fsp3) is 0.154. The van der Waals surface area contributed by atoms with E-state index in [1.165, 1.54) is 0 Å². The molecule has 0 saturated carbocycles. The van der Waals surface area contributed by atoms with Gasteiger partial charge in [0.1, 0.15) is 5.75 Å². The number of furan rings is 1. The Hall–Kier alpha value is -1.07. The highest BCUT2D eigenvalue weighted by Gasteiger charge is 2.24. The maximum atomic E-state index is 12.4. The lowest BCUT2D eigenvalue weighted by molar-refractivity contribution is 0.100. The number of rotatable bonds is 2. The zero-order valence-corrected chi connectivity index (χ0v) is 12.4. The summed E-state index contributed by atoms with van der Waals surface area (Å²) >= 11 is 6.60. The van der Waals surface area contributed by atoms with Crippen LogP contribution in [0.15, 0.2) is 37.8 Å². The molecule has 0 amide bonds. The van der Waals surface area contributed by atoms with Crippen molar-refractivity contribution in [3.8, 4) is 5.75 Å². The fourth-order valence-corrected chi connectivity index (χ4v) is 2.82. The van der Waals surface area contributed by atoms with Crippen molar-refractivity contribution in [1.82, 2.24) is 0 Å². The molecule has 0 atom stereocenters. The van der Waals surface area contributed by atoms with Gasteiger partial charge in [-0.3, -0.25) is 4.79 Å². The third-order valence-electron chi connectivity index (χ3n) is 2.79. The molecule has 0 N–H and O–H groups in total. The van der Waals surface area contributed by atoms with Gasteiger partial charge in [0.15, 0.2) is 10.4 Å². The summed E-state index contributed by atoms with van der Waals surface area (Å²) in [5, 5.41) is 0. The predicted octanol–water partition coefficient (Wildman–Crippen LogP) is 3.97. The van der Waals surface area contributed by atoms with Gasteiger partial charge in [0, 0.05) is 10.9 Å². The topological polar surface area (TPSA) is 39.4 Å². The van der Waals surface area contributed by atoms with Gasteiger partial charge in [-0.2, -0.15) is 0 Å². The molecule has 3 rings (SSSR count). The van der Waals surface area contributed by atoms with Crippen LogP contribution in [-0.4, -0.2) is 12.4 Å². The minimum atomic E-state index is -0.167. The highest BCUT2D eigenvalue weighted by atomic mass is 79.9. The Kier molecular flexibility index (Phi) is 3.03. The number of benzene rings is 1. The molecule has 0 saturated heterocycles. The molecule has 1 aromatic carbocycles. The summed E-state index contributed by atoms with van der Waals surface area (Å²) in [7, 11) is 0. The zero-order chi connectivity index (χ0) is 12.7. The summed E-state index contributed by atoms with van der Waals surface area (Å²) in [6, 6.07) is 7.10. The summed E-state index contributed by atoms with van der Waals surface area (Å²) in [5.41, 5.74) is 1.59. The molecule has 0 bridgehead atoms. The number of halogens is 2. The first kappa shape index (κ1) is 12.0. The van der Waals surface area contributed by atoms with Crippen LogP contribution in [0.2, 0.25) is 0 Å². The first-order chi connectivity index (χ1) is 8.65. The van der Waals surface area contributed by atoms with Crippen molar-refractivity contribution in [2.45, 2.75) is 6.42 Å². The van der Waals surface area contributed by atoms with E-state index in [9.17, 15) is 4.79 Å². The molecule has 0 radical (unpaired) electrons. The molecule has 18 heavy (non-hydrogen) atoms. The van der Waals surface area contributed by atoms with E-state index in [-0.39, 0.29) is 5.78 Å². The third kappa shape index (κ3) is 2.01. The molecule has 92 valence electrons. The predicted molar refractivity (Wildman–Crippen MR) is 73.2 cm³/mol. The molecule has 5 heteroatoms. The van der Waals surface area contributed by atoms with Crippen LogP contribution in [-0.2, 0) is 6.42 Å². The lowest BCUT2D eigenvalue weighted by atomic mass is 10.0. The van der Waals surface area contributed by atoms with Crippen molar-refractivity contribution in [1.29, 1.82) is 0 Å². The van der Waals surface area contributed by atoms with Gasteiger partial charge >= 0.3 is 0 Å². The molecule has 2 heterocycles. The summed E-state index contributed by atoms with van der Waals surface area (Å²) in [6.07, 6.45) is 0.830. The van der Waals surface area contributed by atoms with Gasteiger partial charge in [0.25, 0.3) is 0 Å². The fourth-order valence-electron chi connectivity index (χ4n) is 2.01. The minimum Gasteiger partial charge on any atom is -0.492 e. The van der Waals surface area contributed by atoms with Gasteiger partial charge in [-0.1, -0.05) is 15.9 Å². The van der Waals surface area contributed by atoms with Crippen molar-refractivity contribution in [3.63, 3.8) is 0 Å². The quantitative estimate of drug-likeness (QED) is 0.750. The van der Waals surface area contributed by atoms with Gasteiger partial charge in [-0.15, -0.1) is 0 Å². The average Bonchev–Trinajstić information content (AvgIpc) is 2.95. The first-order valence-electron chi connectivity index (χ1n) is 5.40. The van der Waals surface area contributed by atoms with Gasteiger partial charge in [0.2, 0.25) is 5.78 Å². The largest absolute Gasteiger partial charge is 0.492 e. The van der Waals surface area contributed by atoms with Crippen molar-refractivity contribution >= 4 is 37.6 Å². The first-order valence-corrected chi connectivity index (χ1v) is 6.99. The van der Waals surface area contributed by atoms with Crippen molar-refractivity contribution in [2.24, 2.45) is 0 Å². The molecule has 1 aromatic heterocycles. The summed E-state index contributed by atoms with van der Waals surface area (Å²) in [6.45, 7) is 0.619. The Balaban J connectivity index is 2.10. The minimum absolute atomic E-state index is 0.167. The van der Waals surface area contributed by atoms with Crippen LogP contribution >= 0.6 is 31.9 Å². The van der Waals surface area contributed by atoms with Crippen LogP contribution in [0.25, 0.3) is 0 Å². The standard InChI is InChI=1S/C13H8Br2O3/c14-8-5-7-3-4-17-13(7)9(6-8)12(16)10-1-2-11(15)18-10/h1-2,5-6H,3-4H2. The van der Waals surface area contributed by atoms with E-state index >= 15 is 0 Å². The Morgan fingerprint density at radius 1 is 1.22 bits per heavy atom. The molecule has 0 spiro atoms. The van der Waals surface area contributed by atoms with E-state index in [1.54, 1.807) is 18.2 Å². The molecule has 3 nitrogen and oxygen atoms in total. The third-order valence-corrected chi connectivity index (χ3v) is 3.67. The second kappa shape index (κ2) is 4.55. The monoisotopic (exact) mass is 370 g/mol. The normalized spacial score (nSPS) is 13.2. The van der Waals surface area contributed by atoms with Gasteiger partial charge in [-0.25, -0.2) is 0 Å². The van der Waals surface area contributed by atoms with Gasteiger partial charge < -0.3 is 9.15 Å². The Bertz CT molecular complexity index is 631. The van der Waals surface area contributed by atoms with Gasteiger partial charge in [-0.05, 0) is 45.8 Å². The van der Waals surface area contributed by atoms with E-state index in [0.717, 1.165) is 16.5 Å². The Morgan fingerprint density at radius 3 is 2.78 bits per heavy atom. The average molecular weight is 372 g/mol. The van der Waals surface area contributed by atoms with Crippen molar-refractivity contribution in [3.05, 3.63) is 50.3 Å². The zero-order valence-electron chi connectivity index (χ0n) is 9.20. The Labute approximate surface area is 120 Å². The van der Waals surface area contributed by atoms with Crippen molar-refractivity contribution < 1.29 is 13.9 Å². The van der Waals surface area contributed by atoms with E-state index < -0.39 is 0 Å². The smallest absolute Gasteiger partial charge is 0.232 e. The molecule has 0 aliphatic carbocycles. The van der Waals surface area contributed by atoms with Crippen LogP contribution in [0.5, 0.6) is 5.75 Å². The number of hydrogen-bond acceptors (Lipinski definition) is 3. The summed E-state index contributed by atoms with van der Waals surface area (Å²) < 4.78 is 12.3. The maximum Gasteiger partial charge on any atom is 0.232 e. The molecular formula is C13H8Br2O3. The molecule has 1 aliphatic heterocycles. The van der Waals surface area contributed by atoms with Crippen LogP contribution in [0.1, 0.15) is 21.7 Å². The number of carbonyl (C=O) groups excluding carboxylic acids is 1. The maximum absolute atomic E-state index is 12.4. The summed E-state index contributed by atoms with van der Waals surface area (Å²) in [4.78, 5) is 12.4. The highest BCUT2D eigenvalue weighted by Crippen LogP contribution is 2.34. The van der Waals surface area contributed by atoms with E-state index in [1.807, 2.05) is 6.07 Å². The molecule has 2 aromatic rings. The lowest BCUT2D eigenvalue weighted by Crippen LogP contribution is -2.02. The Morgan fingerprint density at radius 2 is 2.06 bits per heavy atom. The molecular weight excluding hydrogens is 364 g/mol. The van der Waals surface area contributed by atoms with Crippen LogP contribution in [0.3, 0.4) is 0 Å². The van der Waals surface area contributed by atoms with Gasteiger partial charge in [0.05, 0.1) is 12.2 Å². The van der Waals surface area contributed by atoms with E-state index in [2.05, 4.69) is 31.9 Å². The SMILES string of the molecule is O=C(c1ccc(Br)o1)c1cc(Br)cc2c1OCC2. The second-order valence-corrected chi connectivity index (χ2v) is 5.67. The number of ether oxygens (including phenoxy) is 1. The highest BCUT2D eigenvalue weighted by molar-refractivity contribution is 9.10. The number of ketones is 1. The number of hydrogen-bond donors (Lipinski definition) is 0. The van der Waals surface area contributed by atoms with Crippen LogP contribution in [0, 0.1) is 0 Å². The van der Waals surface area contributed by atoms with Crippen LogP contribution in [0.4, 0.5) is 0 Å².